The predicted octanol–water partition coefficient (Wildman–Crippen LogP) is 2.58. The van der Waals surface area contributed by atoms with Crippen molar-refractivity contribution in [2.45, 2.75) is 6.92 Å². The van der Waals surface area contributed by atoms with Crippen molar-refractivity contribution in [3.8, 4) is 5.75 Å². The zero-order valence-electron chi connectivity index (χ0n) is 16.1. The zero-order valence-corrected chi connectivity index (χ0v) is 17.7. The third kappa shape index (κ3) is 4.32. The van der Waals surface area contributed by atoms with E-state index in [1.807, 2.05) is 49.0 Å². The van der Waals surface area contributed by atoms with Crippen LogP contribution in [0.4, 0.5) is 11.8 Å². The maximum Gasteiger partial charge on any atom is 0.255 e. The van der Waals surface area contributed by atoms with Crippen LogP contribution in [0.5, 0.6) is 5.75 Å². The van der Waals surface area contributed by atoms with Gasteiger partial charge in [0.15, 0.2) is 0 Å². The van der Waals surface area contributed by atoms with Crippen LogP contribution >= 0.6 is 15.9 Å². The molecule has 3 rings (SSSR count). The number of amides is 1. The van der Waals surface area contributed by atoms with Gasteiger partial charge in [-0.3, -0.25) is 4.79 Å². The topological polar surface area (TPSA) is 61.8 Å². The van der Waals surface area contributed by atoms with E-state index in [0.717, 1.165) is 16.0 Å². The van der Waals surface area contributed by atoms with Crippen LogP contribution in [0, 0.1) is 6.92 Å². The zero-order chi connectivity index (χ0) is 19.6. The standard InChI is InChI=1S/C19H24BrN5O2/c1-13-11-17(23(2)3)22-19(21-13)25-9-7-24(8-10-25)18(26)15-12-14(27-4)5-6-16(15)20/h5-6,11-12H,7-10H2,1-4H3. The normalized spacial score (nSPS) is 14.3. The first-order valence-electron chi connectivity index (χ1n) is 8.80. The molecule has 27 heavy (non-hydrogen) atoms. The second-order valence-electron chi connectivity index (χ2n) is 6.69. The Morgan fingerprint density at radius 2 is 1.85 bits per heavy atom. The Kier molecular flexibility index (Phi) is 5.84. The lowest BCUT2D eigenvalue weighted by Gasteiger charge is -2.35. The summed E-state index contributed by atoms with van der Waals surface area (Å²) in [5, 5.41) is 0. The largest absolute Gasteiger partial charge is 0.497 e. The number of rotatable bonds is 4. The lowest BCUT2D eigenvalue weighted by Crippen LogP contribution is -2.49. The van der Waals surface area contributed by atoms with Gasteiger partial charge in [-0.05, 0) is 41.1 Å². The van der Waals surface area contributed by atoms with Crippen LogP contribution in [0.25, 0.3) is 0 Å². The number of halogens is 1. The number of carbonyl (C=O) groups is 1. The SMILES string of the molecule is COc1ccc(Br)c(C(=O)N2CCN(c3nc(C)cc(N(C)C)n3)CC2)c1. The van der Waals surface area contributed by atoms with Crippen molar-refractivity contribution in [3.05, 3.63) is 40.0 Å². The highest BCUT2D eigenvalue weighted by molar-refractivity contribution is 9.10. The Morgan fingerprint density at radius 3 is 2.48 bits per heavy atom. The maximum atomic E-state index is 12.9. The molecular formula is C19H24BrN5O2. The van der Waals surface area contributed by atoms with Crippen LogP contribution in [-0.4, -0.2) is 68.2 Å². The molecule has 8 heteroatoms. The highest BCUT2D eigenvalue weighted by Gasteiger charge is 2.25. The van der Waals surface area contributed by atoms with Crippen LogP contribution < -0.4 is 14.5 Å². The van der Waals surface area contributed by atoms with Crippen molar-refractivity contribution in [2.24, 2.45) is 0 Å². The lowest BCUT2D eigenvalue weighted by atomic mass is 10.1. The van der Waals surface area contributed by atoms with Crippen LogP contribution in [-0.2, 0) is 0 Å². The fourth-order valence-electron chi connectivity index (χ4n) is 2.98. The van der Waals surface area contributed by atoms with Crippen LogP contribution in [0.15, 0.2) is 28.7 Å². The second-order valence-corrected chi connectivity index (χ2v) is 7.54. The van der Waals surface area contributed by atoms with Gasteiger partial charge in [0.05, 0.1) is 12.7 Å². The minimum atomic E-state index is -0.000402. The van der Waals surface area contributed by atoms with E-state index in [1.165, 1.54) is 0 Å². The molecule has 1 aliphatic rings. The number of hydrogen-bond donors (Lipinski definition) is 0. The molecule has 1 aromatic heterocycles. The van der Waals surface area contributed by atoms with Crippen LogP contribution in [0.1, 0.15) is 16.1 Å². The van der Waals surface area contributed by atoms with Gasteiger partial charge in [0, 0.05) is 56.5 Å². The van der Waals surface area contributed by atoms with Gasteiger partial charge in [0.2, 0.25) is 5.95 Å². The van der Waals surface area contributed by atoms with Gasteiger partial charge in [0.1, 0.15) is 11.6 Å². The van der Waals surface area contributed by atoms with Crippen molar-refractivity contribution in [1.82, 2.24) is 14.9 Å². The summed E-state index contributed by atoms with van der Waals surface area (Å²) in [6.45, 7) is 4.61. The summed E-state index contributed by atoms with van der Waals surface area (Å²) in [5.74, 6) is 2.27. The minimum absolute atomic E-state index is 0.000402. The number of anilines is 2. The Morgan fingerprint density at radius 1 is 1.15 bits per heavy atom. The van der Waals surface area contributed by atoms with E-state index in [2.05, 4.69) is 30.8 Å². The van der Waals surface area contributed by atoms with Crippen molar-refractivity contribution in [2.75, 3.05) is 57.2 Å². The van der Waals surface area contributed by atoms with Gasteiger partial charge in [0.25, 0.3) is 5.91 Å². The molecule has 0 aliphatic carbocycles. The van der Waals surface area contributed by atoms with E-state index < -0.39 is 0 Å². The summed E-state index contributed by atoms with van der Waals surface area (Å²) in [7, 11) is 5.53. The van der Waals surface area contributed by atoms with Crippen molar-refractivity contribution in [1.29, 1.82) is 0 Å². The summed E-state index contributed by atoms with van der Waals surface area (Å²) in [5.41, 5.74) is 1.55. The molecule has 0 N–H and O–H groups in total. The molecule has 1 amide bonds. The summed E-state index contributed by atoms with van der Waals surface area (Å²) >= 11 is 3.47. The van der Waals surface area contributed by atoms with E-state index in [4.69, 9.17) is 4.74 Å². The van der Waals surface area contributed by atoms with Crippen LogP contribution in [0.3, 0.4) is 0 Å². The third-order valence-electron chi connectivity index (χ3n) is 4.54. The minimum Gasteiger partial charge on any atom is -0.497 e. The second kappa shape index (κ2) is 8.12. The number of aromatic nitrogens is 2. The monoisotopic (exact) mass is 433 g/mol. The summed E-state index contributed by atoms with van der Waals surface area (Å²) in [6, 6.07) is 7.40. The fraction of sp³-hybridized carbons (Fsp3) is 0.421. The predicted molar refractivity (Wildman–Crippen MR) is 110 cm³/mol. The summed E-state index contributed by atoms with van der Waals surface area (Å²) < 4.78 is 6.02. The van der Waals surface area contributed by atoms with Gasteiger partial charge in [-0.2, -0.15) is 4.98 Å². The van der Waals surface area contributed by atoms with Gasteiger partial charge in [-0.1, -0.05) is 0 Å². The molecule has 0 bridgehead atoms. The van der Waals surface area contributed by atoms with E-state index in [-0.39, 0.29) is 5.91 Å². The first kappa shape index (κ1) is 19.4. The molecular weight excluding hydrogens is 410 g/mol. The number of ether oxygens (including phenoxy) is 1. The van der Waals surface area contributed by atoms with Crippen molar-refractivity contribution < 1.29 is 9.53 Å². The maximum absolute atomic E-state index is 12.9. The molecule has 0 saturated carbocycles. The molecule has 144 valence electrons. The third-order valence-corrected chi connectivity index (χ3v) is 5.23. The number of piperazine rings is 1. The number of hydrogen-bond acceptors (Lipinski definition) is 6. The van der Waals surface area contributed by atoms with Gasteiger partial charge in [-0.25, -0.2) is 4.98 Å². The average Bonchev–Trinajstić information content (AvgIpc) is 2.67. The quantitative estimate of drug-likeness (QED) is 0.738. The van der Waals surface area contributed by atoms with Crippen molar-refractivity contribution in [3.63, 3.8) is 0 Å². The number of benzene rings is 1. The highest BCUT2D eigenvalue weighted by atomic mass is 79.9. The number of methoxy groups -OCH3 is 1. The Balaban J connectivity index is 1.71. The molecule has 7 nitrogen and oxygen atoms in total. The Hall–Kier alpha value is -2.35. The van der Waals surface area contributed by atoms with Gasteiger partial charge < -0.3 is 19.4 Å². The molecule has 1 saturated heterocycles. The van der Waals surface area contributed by atoms with E-state index in [0.29, 0.717) is 43.4 Å². The van der Waals surface area contributed by atoms with Gasteiger partial charge in [-0.15, -0.1) is 0 Å². The molecule has 0 spiro atoms. The molecule has 0 atom stereocenters. The van der Waals surface area contributed by atoms with Gasteiger partial charge >= 0.3 is 0 Å². The molecule has 2 aromatic rings. The first-order chi connectivity index (χ1) is 12.9. The van der Waals surface area contributed by atoms with E-state index in [1.54, 1.807) is 13.2 Å². The molecule has 0 unspecified atom stereocenters. The van der Waals surface area contributed by atoms with E-state index >= 15 is 0 Å². The lowest BCUT2D eigenvalue weighted by molar-refractivity contribution is 0.0745. The average molecular weight is 434 g/mol. The smallest absolute Gasteiger partial charge is 0.255 e. The molecule has 0 radical (unpaired) electrons. The molecule has 1 aromatic carbocycles. The molecule has 2 heterocycles. The Labute approximate surface area is 168 Å². The van der Waals surface area contributed by atoms with Crippen molar-refractivity contribution >= 4 is 33.6 Å². The summed E-state index contributed by atoms with van der Waals surface area (Å²) in [4.78, 5) is 28.1. The van der Waals surface area contributed by atoms with Crippen LogP contribution in [0.2, 0.25) is 0 Å². The number of aryl methyl sites for hydroxylation is 1. The summed E-state index contributed by atoms with van der Waals surface area (Å²) in [6.07, 6.45) is 0. The fourth-order valence-corrected chi connectivity index (χ4v) is 3.40. The molecule has 1 fully saturated rings. The molecule has 1 aliphatic heterocycles. The highest BCUT2D eigenvalue weighted by Crippen LogP contribution is 2.25. The number of carbonyl (C=O) groups excluding carboxylic acids is 1. The Bertz CT molecular complexity index is 835. The first-order valence-corrected chi connectivity index (χ1v) is 9.59. The van der Waals surface area contributed by atoms with E-state index in [9.17, 15) is 4.79 Å². The number of nitrogens with zero attached hydrogens (tertiary/aromatic N) is 5.